The summed E-state index contributed by atoms with van der Waals surface area (Å²) in [7, 11) is 0. The van der Waals surface area contributed by atoms with Gasteiger partial charge in [-0.25, -0.2) is 9.97 Å². The fourth-order valence-corrected chi connectivity index (χ4v) is 9.08. The topological polar surface area (TPSA) is 30.7 Å². The lowest BCUT2D eigenvalue weighted by Gasteiger charge is -2.12. The highest BCUT2D eigenvalue weighted by atomic mass is 32.1. The van der Waals surface area contributed by atoms with E-state index in [1.54, 1.807) is 0 Å². The molecule has 0 aliphatic carbocycles. The maximum absolute atomic E-state index is 5.09. The molecule has 52 heavy (non-hydrogen) atoms. The summed E-state index contributed by atoms with van der Waals surface area (Å²) in [5, 5.41) is 10.2. The van der Waals surface area contributed by atoms with E-state index < -0.39 is 0 Å². The first-order chi connectivity index (χ1) is 25.7. The molecule has 3 aromatic heterocycles. The average Bonchev–Trinajstić information content (AvgIpc) is 3.74. The van der Waals surface area contributed by atoms with E-state index in [0.29, 0.717) is 0 Å². The first-order valence-corrected chi connectivity index (χ1v) is 18.4. The second-order valence-corrected chi connectivity index (χ2v) is 14.5. The van der Waals surface area contributed by atoms with Gasteiger partial charge in [-0.2, -0.15) is 0 Å². The molecule has 0 N–H and O–H groups in total. The van der Waals surface area contributed by atoms with Gasteiger partial charge in [0.05, 0.1) is 22.4 Å². The average molecular weight is 680 g/mol. The van der Waals surface area contributed by atoms with Crippen LogP contribution < -0.4 is 0 Å². The molecule has 0 amide bonds. The molecule has 0 bridgehead atoms. The highest BCUT2D eigenvalue weighted by Gasteiger charge is 2.18. The van der Waals surface area contributed by atoms with Gasteiger partial charge < -0.3 is 4.57 Å². The molecule has 0 spiro atoms. The lowest BCUT2D eigenvalue weighted by Crippen LogP contribution is -1.97. The van der Waals surface area contributed by atoms with Crippen LogP contribution in [0.2, 0.25) is 0 Å². The van der Waals surface area contributed by atoms with Gasteiger partial charge in [-0.05, 0) is 64.0 Å². The van der Waals surface area contributed by atoms with E-state index in [4.69, 9.17) is 9.97 Å². The lowest BCUT2D eigenvalue weighted by atomic mass is 10.0. The van der Waals surface area contributed by atoms with Crippen LogP contribution in [0.15, 0.2) is 176 Å². The number of hydrogen-bond acceptors (Lipinski definition) is 3. The lowest BCUT2D eigenvalue weighted by molar-refractivity contribution is 1.17. The summed E-state index contributed by atoms with van der Waals surface area (Å²) in [6.45, 7) is 0. The third-order valence-electron chi connectivity index (χ3n) is 10.4. The van der Waals surface area contributed by atoms with Gasteiger partial charge >= 0.3 is 0 Å². The summed E-state index contributed by atoms with van der Waals surface area (Å²) in [4.78, 5) is 10.1. The Morgan fingerprint density at radius 2 is 0.981 bits per heavy atom. The van der Waals surface area contributed by atoms with Crippen LogP contribution in [0.3, 0.4) is 0 Å². The molecule has 3 nitrogen and oxygen atoms in total. The quantitative estimate of drug-likeness (QED) is 0.185. The summed E-state index contributed by atoms with van der Waals surface area (Å²) in [6, 6.07) is 63.0. The molecule has 11 aromatic rings. The van der Waals surface area contributed by atoms with E-state index in [1.165, 1.54) is 63.5 Å². The summed E-state index contributed by atoms with van der Waals surface area (Å²) < 4.78 is 5.08. The van der Waals surface area contributed by atoms with Gasteiger partial charge in [0.1, 0.15) is 0 Å². The summed E-state index contributed by atoms with van der Waals surface area (Å²) in [5.41, 5.74) is 8.44. The number of rotatable bonds is 4. The second-order valence-electron chi connectivity index (χ2n) is 13.4. The number of hydrogen-bond donors (Lipinski definition) is 0. The van der Waals surface area contributed by atoms with Crippen molar-refractivity contribution in [3.05, 3.63) is 176 Å². The van der Waals surface area contributed by atoms with Crippen LogP contribution in [0.1, 0.15) is 0 Å². The third kappa shape index (κ3) is 4.58. The predicted octanol–water partition coefficient (Wildman–Crippen LogP) is 13.2. The Bertz CT molecular complexity index is 3100. The molecule has 0 unspecified atom stereocenters. The molecule has 0 saturated heterocycles. The summed E-state index contributed by atoms with van der Waals surface area (Å²) >= 11 is 1.89. The number of benzene rings is 8. The molecule has 8 aromatic carbocycles. The maximum atomic E-state index is 5.09. The molecule has 0 saturated carbocycles. The van der Waals surface area contributed by atoms with E-state index in [-0.39, 0.29) is 0 Å². The Hall–Kier alpha value is -6.62. The maximum Gasteiger partial charge on any atom is 0.160 e. The highest BCUT2D eigenvalue weighted by Crippen LogP contribution is 2.43. The smallest absolute Gasteiger partial charge is 0.160 e. The number of thiophene rings is 1. The van der Waals surface area contributed by atoms with Gasteiger partial charge in [-0.1, -0.05) is 133 Å². The van der Waals surface area contributed by atoms with Crippen molar-refractivity contribution < 1.29 is 0 Å². The third-order valence-corrected chi connectivity index (χ3v) is 11.6. The van der Waals surface area contributed by atoms with E-state index >= 15 is 0 Å². The number of aromatic nitrogens is 3. The number of fused-ring (bicyclic) bond motifs is 9. The fraction of sp³-hybridized carbons (Fsp3) is 0. The Morgan fingerprint density at radius 1 is 0.385 bits per heavy atom. The van der Waals surface area contributed by atoms with Crippen molar-refractivity contribution in [1.29, 1.82) is 0 Å². The van der Waals surface area contributed by atoms with Gasteiger partial charge in [-0.15, -0.1) is 11.3 Å². The molecular formula is C48H29N3S. The van der Waals surface area contributed by atoms with Crippen LogP contribution in [-0.4, -0.2) is 14.5 Å². The Labute approximate surface area is 303 Å². The van der Waals surface area contributed by atoms with E-state index in [9.17, 15) is 0 Å². The molecule has 0 aliphatic rings. The van der Waals surface area contributed by atoms with E-state index in [1.807, 2.05) is 35.6 Å². The molecule has 11 rings (SSSR count). The van der Waals surface area contributed by atoms with Crippen molar-refractivity contribution in [2.45, 2.75) is 0 Å². The van der Waals surface area contributed by atoms with Crippen LogP contribution in [0.25, 0.3) is 103 Å². The van der Waals surface area contributed by atoms with Crippen molar-refractivity contribution in [2.24, 2.45) is 0 Å². The van der Waals surface area contributed by atoms with Crippen LogP contribution in [0.5, 0.6) is 0 Å². The molecule has 4 heteroatoms. The van der Waals surface area contributed by atoms with Crippen LogP contribution in [0.4, 0.5) is 0 Å². The number of nitrogens with zero attached hydrogens (tertiary/aromatic N) is 3. The van der Waals surface area contributed by atoms with Crippen LogP contribution >= 0.6 is 11.3 Å². The normalized spacial score (nSPS) is 11.8. The highest BCUT2D eigenvalue weighted by molar-refractivity contribution is 7.26. The second kappa shape index (κ2) is 11.5. The zero-order chi connectivity index (χ0) is 34.2. The predicted molar refractivity (Wildman–Crippen MR) is 221 cm³/mol. The monoisotopic (exact) mass is 679 g/mol. The molecule has 0 atom stereocenters. The van der Waals surface area contributed by atoms with Crippen LogP contribution in [0, 0.1) is 0 Å². The SMILES string of the molecule is c1ccc(-c2cc(-c3ccc(-n4c5cc6ccccc6cc5c5cc6c(cc54)sc4c5ccccc5ccc64)cc3)nc(-c3ccccc3)n2)cc1. The van der Waals surface area contributed by atoms with Crippen molar-refractivity contribution in [2.75, 3.05) is 0 Å². The van der Waals surface area contributed by atoms with Crippen molar-refractivity contribution in [3.8, 4) is 39.6 Å². The zero-order valence-corrected chi connectivity index (χ0v) is 28.8. The van der Waals surface area contributed by atoms with Crippen molar-refractivity contribution in [3.63, 3.8) is 0 Å². The molecule has 0 fully saturated rings. The Kier molecular flexibility index (Phi) is 6.42. The Morgan fingerprint density at radius 3 is 1.73 bits per heavy atom. The summed E-state index contributed by atoms with van der Waals surface area (Å²) in [5.74, 6) is 0.718. The minimum atomic E-state index is 0.718. The standard InChI is InChI=1S/C48H29N3S/c1-3-12-31(13-4-1)42-28-43(50-48(49-42)33-14-5-2-6-15-33)32-19-22-36(23-20-32)51-44-26-35-17-8-7-16-34(35)25-39(44)40-27-41-38-24-21-30-11-9-10-18-37(30)47(38)52-46(41)29-45(40)51/h1-29H. The van der Waals surface area contributed by atoms with Crippen LogP contribution in [-0.2, 0) is 0 Å². The largest absolute Gasteiger partial charge is 0.309 e. The van der Waals surface area contributed by atoms with Gasteiger partial charge in [-0.3, -0.25) is 0 Å². The van der Waals surface area contributed by atoms with Gasteiger partial charge in [0, 0.05) is 53.3 Å². The summed E-state index contributed by atoms with van der Waals surface area (Å²) in [6.07, 6.45) is 0. The molecule has 0 aliphatic heterocycles. The molecule has 3 heterocycles. The van der Waals surface area contributed by atoms with Crippen molar-refractivity contribution >= 4 is 74.9 Å². The van der Waals surface area contributed by atoms with E-state index in [0.717, 1.165) is 39.6 Å². The minimum absolute atomic E-state index is 0.718. The first-order valence-electron chi connectivity index (χ1n) is 17.6. The van der Waals surface area contributed by atoms with Gasteiger partial charge in [0.15, 0.2) is 5.82 Å². The van der Waals surface area contributed by atoms with Crippen molar-refractivity contribution in [1.82, 2.24) is 14.5 Å². The molecular weight excluding hydrogens is 651 g/mol. The van der Waals surface area contributed by atoms with Gasteiger partial charge in [0.2, 0.25) is 0 Å². The molecule has 242 valence electrons. The first kappa shape index (κ1) is 29.1. The minimum Gasteiger partial charge on any atom is -0.309 e. The van der Waals surface area contributed by atoms with Gasteiger partial charge in [0.25, 0.3) is 0 Å². The Balaban J connectivity index is 1.12. The molecule has 0 radical (unpaired) electrons. The zero-order valence-electron chi connectivity index (χ0n) is 28.0. The van der Waals surface area contributed by atoms with E-state index in [2.05, 4.69) is 156 Å². The fourth-order valence-electron chi connectivity index (χ4n) is 7.83.